The average molecular weight is 159 g/mol. The molecule has 3 nitrogen and oxygen atoms in total. The van der Waals surface area contributed by atoms with E-state index >= 15 is 0 Å². The maximum Gasteiger partial charge on any atom is 0.221 e. The molecule has 3 heteroatoms. The molecule has 1 amide bonds. The Hall–Kier alpha value is -0.570. The van der Waals surface area contributed by atoms with Crippen LogP contribution in [0.25, 0.3) is 0 Å². The predicted octanol–water partition coefficient (Wildman–Crippen LogP) is 1.29. The molecule has 66 valence electrons. The molecule has 0 atom stereocenters. The summed E-state index contributed by atoms with van der Waals surface area (Å²) in [7, 11) is 1.56. The van der Waals surface area contributed by atoms with Gasteiger partial charge < -0.3 is 10.1 Å². The van der Waals surface area contributed by atoms with Gasteiger partial charge in [-0.2, -0.15) is 0 Å². The van der Waals surface area contributed by atoms with Gasteiger partial charge in [0.25, 0.3) is 0 Å². The summed E-state index contributed by atoms with van der Waals surface area (Å²) >= 11 is 0. The zero-order valence-electron chi connectivity index (χ0n) is 7.35. The molecule has 1 N–H and O–H groups in total. The number of ether oxygens (including phenoxy) is 1. The Morgan fingerprint density at radius 3 is 2.73 bits per heavy atom. The van der Waals surface area contributed by atoms with Gasteiger partial charge in [-0.05, 0) is 6.42 Å². The van der Waals surface area contributed by atoms with E-state index in [1.54, 1.807) is 7.11 Å². The highest BCUT2D eigenvalue weighted by Gasteiger charge is 1.97. The van der Waals surface area contributed by atoms with E-state index in [-0.39, 0.29) is 5.91 Å². The van der Waals surface area contributed by atoms with Gasteiger partial charge in [-0.15, -0.1) is 0 Å². The molecule has 0 rings (SSSR count). The lowest BCUT2D eigenvalue weighted by molar-refractivity contribution is -0.122. The average Bonchev–Trinajstić information content (AvgIpc) is 2.01. The summed E-state index contributed by atoms with van der Waals surface area (Å²) in [6.07, 6.45) is 3.88. The molecule has 0 fully saturated rings. The molecule has 0 aromatic heterocycles. The fourth-order valence-electron chi connectivity index (χ4n) is 0.777. The van der Waals surface area contributed by atoms with Crippen LogP contribution in [0.5, 0.6) is 0 Å². The van der Waals surface area contributed by atoms with Gasteiger partial charge in [-0.25, -0.2) is 0 Å². The van der Waals surface area contributed by atoms with E-state index in [0.29, 0.717) is 13.2 Å². The molecule has 11 heavy (non-hydrogen) atoms. The standard InChI is InChI=1S/C8H17NO2/c1-3-4-5-6-8(10)9-7-11-2/h3-7H2,1-2H3,(H,9,10). The number of hydrogen-bond acceptors (Lipinski definition) is 2. The van der Waals surface area contributed by atoms with Gasteiger partial charge >= 0.3 is 0 Å². The van der Waals surface area contributed by atoms with Crippen molar-refractivity contribution in [1.29, 1.82) is 0 Å². The number of methoxy groups -OCH3 is 1. The maximum absolute atomic E-state index is 10.9. The highest BCUT2D eigenvalue weighted by atomic mass is 16.5. The van der Waals surface area contributed by atoms with E-state index in [4.69, 9.17) is 0 Å². The summed E-state index contributed by atoms with van der Waals surface area (Å²) in [5.74, 6) is 0.0836. The van der Waals surface area contributed by atoms with Crippen LogP contribution in [0, 0.1) is 0 Å². The molecule has 0 radical (unpaired) electrons. The molecule has 0 aromatic rings. The smallest absolute Gasteiger partial charge is 0.221 e. The summed E-state index contributed by atoms with van der Waals surface area (Å²) in [4.78, 5) is 10.9. The normalized spacial score (nSPS) is 9.64. The Morgan fingerprint density at radius 1 is 1.45 bits per heavy atom. The number of hydrogen-bond donors (Lipinski definition) is 1. The molecule has 0 unspecified atom stereocenters. The van der Waals surface area contributed by atoms with Crippen LogP contribution in [0.1, 0.15) is 32.6 Å². The zero-order valence-corrected chi connectivity index (χ0v) is 7.35. The minimum absolute atomic E-state index is 0.0836. The van der Waals surface area contributed by atoms with Gasteiger partial charge in [-0.3, -0.25) is 4.79 Å². The molecule has 0 saturated heterocycles. The van der Waals surface area contributed by atoms with E-state index in [2.05, 4.69) is 17.0 Å². The zero-order chi connectivity index (χ0) is 8.53. The number of amides is 1. The van der Waals surface area contributed by atoms with Gasteiger partial charge in [0.15, 0.2) is 0 Å². The third kappa shape index (κ3) is 7.33. The summed E-state index contributed by atoms with van der Waals surface area (Å²) < 4.78 is 4.69. The van der Waals surface area contributed by atoms with E-state index in [1.165, 1.54) is 0 Å². The Bertz CT molecular complexity index is 104. The fourth-order valence-corrected chi connectivity index (χ4v) is 0.777. The highest BCUT2D eigenvalue weighted by molar-refractivity contribution is 5.75. The van der Waals surface area contributed by atoms with E-state index in [1.807, 2.05) is 0 Å². The first-order valence-electron chi connectivity index (χ1n) is 4.07. The first-order chi connectivity index (χ1) is 5.31. The van der Waals surface area contributed by atoms with Gasteiger partial charge in [-0.1, -0.05) is 19.8 Å². The van der Waals surface area contributed by atoms with Crippen molar-refractivity contribution >= 4 is 5.91 Å². The molecular formula is C8H17NO2. The van der Waals surface area contributed by atoms with Crippen molar-refractivity contribution in [3.63, 3.8) is 0 Å². The largest absolute Gasteiger partial charge is 0.364 e. The second kappa shape index (κ2) is 7.54. The molecule has 0 aliphatic rings. The van der Waals surface area contributed by atoms with Crippen molar-refractivity contribution in [2.24, 2.45) is 0 Å². The van der Waals surface area contributed by atoms with Crippen molar-refractivity contribution in [3.8, 4) is 0 Å². The quantitative estimate of drug-likeness (QED) is 0.468. The minimum atomic E-state index is 0.0836. The molecular weight excluding hydrogens is 142 g/mol. The lowest BCUT2D eigenvalue weighted by atomic mass is 10.2. The van der Waals surface area contributed by atoms with Crippen LogP contribution in [-0.2, 0) is 9.53 Å². The van der Waals surface area contributed by atoms with Crippen molar-refractivity contribution in [3.05, 3.63) is 0 Å². The molecule has 0 aliphatic heterocycles. The van der Waals surface area contributed by atoms with E-state index in [9.17, 15) is 4.79 Å². The van der Waals surface area contributed by atoms with Gasteiger partial charge in [0.05, 0.1) is 0 Å². The van der Waals surface area contributed by atoms with Crippen LogP contribution in [0.2, 0.25) is 0 Å². The molecule has 0 aromatic carbocycles. The number of carbonyl (C=O) groups is 1. The monoisotopic (exact) mass is 159 g/mol. The van der Waals surface area contributed by atoms with Crippen LogP contribution in [0.3, 0.4) is 0 Å². The molecule has 0 spiro atoms. The highest BCUT2D eigenvalue weighted by Crippen LogP contribution is 1.97. The number of nitrogens with one attached hydrogen (secondary N) is 1. The van der Waals surface area contributed by atoms with Crippen LogP contribution >= 0.6 is 0 Å². The fraction of sp³-hybridized carbons (Fsp3) is 0.875. The van der Waals surface area contributed by atoms with Gasteiger partial charge in [0.1, 0.15) is 6.73 Å². The molecule has 0 bridgehead atoms. The number of rotatable bonds is 6. The Labute approximate surface area is 68.1 Å². The summed E-state index contributed by atoms with van der Waals surface area (Å²) in [5.41, 5.74) is 0. The van der Waals surface area contributed by atoms with Gasteiger partial charge in [0, 0.05) is 13.5 Å². The topological polar surface area (TPSA) is 38.3 Å². The third-order valence-corrected chi connectivity index (χ3v) is 1.42. The van der Waals surface area contributed by atoms with E-state index < -0.39 is 0 Å². The van der Waals surface area contributed by atoms with Crippen LogP contribution < -0.4 is 5.32 Å². The number of carbonyl (C=O) groups excluding carboxylic acids is 1. The van der Waals surface area contributed by atoms with Gasteiger partial charge in [0.2, 0.25) is 5.91 Å². The molecule has 0 heterocycles. The van der Waals surface area contributed by atoms with Crippen LogP contribution in [0.15, 0.2) is 0 Å². The second-order valence-electron chi connectivity index (χ2n) is 2.49. The molecule has 0 saturated carbocycles. The van der Waals surface area contributed by atoms with Crippen LogP contribution in [-0.4, -0.2) is 19.7 Å². The SMILES string of the molecule is CCCCCC(=O)NCOC. The van der Waals surface area contributed by atoms with Crippen molar-refractivity contribution in [2.45, 2.75) is 32.6 Å². The Morgan fingerprint density at radius 2 is 2.18 bits per heavy atom. The van der Waals surface area contributed by atoms with Crippen molar-refractivity contribution in [1.82, 2.24) is 5.32 Å². The Kier molecular flexibility index (Phi) is 7.15. The summed E-state index contributed by atoms with van der Waals surface area (Å²) in [5, 5.41) is 2.63. The lowest BCUT2D eigenvalue weighted by Crippen LogP contribution is -2.24. The summed E-state index contributed by atoms with van der Waals surface area (Å²) in [6.45, 7) is 2.44. The minimum Gasteiger partial charge on any atom is -0.364 e. The maximum atomic E-state index is 10.9. The third-order valence-electron chi connectivity index (χ3n) is 1.42. The molecule has 0 aliphatic carbocycles. The number of unbranched alkanes of at least 4 members (excludes halogenated alkanes) is 2. The lowest BCUT2D eigenvalue weighted by Gasteiger charge is -2.01. The van der Waals surface area contributed by atoms with E-state index in [0.717, 1.165) is 19.3 Å². The second-order valence-corrected chi connectivity index (χ2v) is 2.49. The van der Waals surface area contributed by atoms with Crippen molar-refractivity contribution in [2.75, 3.05) is 13.8 Å². The Balaban J connectivity index is 3.09. The van der Waals surface area contributed by atoms with Crippen molar-refractivity contribution < 1.29 is 9.53 Å². The predicted molar refractivity (Wildman–Crippen MR) is 44.2 cm³/mol. The summed E-state index contributed by atoms with van der Waals surface area (Å²) in [6, 6.07) is 0. The first-order valence-corrected chi connectivity index (χ1v) is 4.07. The van der Waals surface area contributed by atoms with Crippen LogP contribution in [0.4, 0.5) is 0 Å². The first kappa shape index (κ1) is 10.4.